The number of amides is 2. The van der Waals surface area contributed by atoms with Crippen LogP contribution in [0.15, 0.2) is 18.2 Å². The summed E-state index contributed by atoms with van der Waals surface area (Å²) < 4.78 is 0. The molecule has 1 saturated heterocycles. The molecule has 0 bridgehead atoms. The van der Waals surface area contributed by atoms with Crippen molar-refractivity contribution in [2.24, 2.45) is 5.92 Å². The van der Waals surface area contributed by atoms with Crippen LogP contribution in [0, 0.1) is 5.92 Å². The summed E-state index contributed by atoms with van der Waals surface area (Å²) in [7, 11) is 0. The Morgan fingerprint density at radius 2 is 1.92 bits per heavy atom. The molecule has 2 aliphatic rings. The highest BCUT2D eigenvalue weighted by Gasteiger charge is 2.30. The predicted octanol–water partition coefficient (Wildman–Crippen LogP) is 3.60. The number of urea groups is 1. The van der Waals surface area contributed by atoms with Gasteiger partial charge in [0.2, 0.25) is 0 Å². The van der Waals surface area contributed by atoms with Gasteiger partial charge in [-0.15, -0.1) is 0 Å². The molecule has 2 N–H and O–H groups in total. The molecule has 144 valence electrons. The number of hydrogen-bond acceptors (Lipinski definition) is 3. The highest BCUT2D eigenvalue weighted by molar-refractivity contribution is 6.43. The minimum Gasteiger partial charge on any atom is -0.368 e. The van der Waals surface area contributed by atoms with Gasteiger partial charge in [-0.3, -0.25) is 4.90 Å². The van der Waals surface area contributed by atoms with E-state index in [0.717, 1.165) is 57.2 Å². The maximum Gasteiger partial charge on any atom is 0.314 e. The zero-order valence-corrected chi connectivity index (χ0v) is 16.8. The van der Waals surface area contributed by atoms with Crippen LogP contribution in [-0.4, -0.2) is 56.2 Å². The molecule has 0 spiro atoms. The molecule has 1 aromatic rings. The van der Waals surface area contributed by atoms with E-state index in [2.05, 4.69) is 20.4 Å². The number of nitrogens with zero attached hydrogens (tertiary/aromatic N) is 2. The van der Waals surface area contributed by atoms with Crippen molar-refractivity contribution in [1.82, 2.24) is 15.5 Å². The Bertz CT molecular complexity index is 614. The first kappa shape index (κ1) is 19.6. The summed E-state index contributed by atoms with van der Waals surface area (Å²) in [5, 5.41) is 7.09. The van der Waals surface area contributed by atoms with Crippen molar-refractivity contribution in [3.63, 3.8) is 0 Å². The normalized spacial score (nSPS) is 23.4. The zero-order chi connectivity index (χ0) is 18.5. The number of anilines is 1. The van der Waals surface area contributed by atoms with Gasteiger partial charge in [-0.1, -0.05) is 29.3 Å². The van der Waals surface area contributed by atoms with E-state index < -0.39 is 0 Å². The van der Waals surface area contributed by atoms with Gasteiger partial charge in [0.1, 0.15) is 0 Å². The van der Waals surface area contributed by atoms with E-state index in [4.69, 9.17) is 23.2 Å². The van der Waals surface area contributed by atoms with E-state index in [-0.39, 0.29) is 6.03 Å². The highest BCUT2D eigenvalue weighted by Crippen LogP contribution is 2.33. The van der Waals surface area contributed by atoms with E-state index in [9.17, 15) is 4.79 Å². The molecule has 1 heterocycles. The third kappa shape index (κ3) is 4.96. The van der Waals surface area contributed by atoms with Crippen molar-refractivity contribution < 1.29 is 4.79 Å². The van der Waals surface area contributed by atoms with Gasteiger partial charge in [0.25, 0.3) is 0 Å². The summed E-state index contributed by atoms with van der Waals surface area (Å²) in [6.45, 7) is 7.80. The van der Waals surface area contributed by atoms with E-state index >= 15 is 0 Å². The fourth-order valence-electron chi connectivity index (χ4n) is 3.80. The molecule has 26 heavy (non-hydrogen) atoms. The topological polar surface area (TPSA) is 47.6 Å². The number of rotatable bonds is 6. The minimum absolute atomic E-state index is 0.0354. The van der Waals surface area contributed by atoms with Crippen LogP contribution in [0.1, 0.15) is 26.2 Å². The summed E-state index contributed by atoms with van der Waals surface area (Å²) in [6, 6.07) is 6.15. The lowest BCUT2D eigenvalue weighted by Crippen LogP contribution is -2.50. The van der Waals surface area contributed by atoms with Gasteiger partial charge >= 0.3 is 6.03 Å². The quantitative estimate of drug-likeness (QED) is 0.769. The Kier molecular flexibility index (Phi) is 6.90. The molecule has 0 radical (unpaired) electrons. The standard InChI is InChI=1S/C19H28Cl2N4O/c1-2-22-19(26)23-15-12-14(13-15)6-7-24-8-10-25(11-9-24)17-5-3-4-16(20)18(17)21/h3-5,14-15H,2,6-13H2,1H3,(H2,22,23,26). The molecule has 7 heteroatoms. The number of nitrogens with one attached hydrogen (secondary N) is 2. The molecule has 5 nitrogen and oxygen atoms in total. The van der Waals surface area contributed by atoms with E-state index in [1.54, 1.807) is 0 Å². The van der Waals surface area contributed by atoms with Crippen molar-refractivity contribution in [3.05, 3.63) is 28.2 Å². The fraction of sp³-hybridized carbons (Fsp3) is 0.632. The number of carbonyl (C=O) groups excluding carboxylic acids is 1. The molecule has 1 aromatic carbocycles. The van der Waals surface area contributed by atoms with Gasteiger partial charge < -0.3 is 15.5 Å². The molecule has 0 aromatic heterocycles. The molecule has 1 aliphatic heterocycles. The lowest BCUT2D eigenvalue weighted by Gasteiger charge is -2.39. The number of halogens is 2. The van der Waals surface area contributed by atoms with Gasteiger partial charge in [0.05, 0.1) is 15.7 Å². The second-order valence-corrected chi connectivity index (χ2v) is 8.01. The van der Waals surface area contributed by atoms with Gasteiger partial charge in [0.15, 0.2) is 0 Å². The number of benzene rings is 1. The number of hydrogen-bond donors (Lipinski definition) is 2. The summed E-state index contributed by atoms with van der Waals surface area (Å²) in [4.78, 5) is 16.3. The Morgan fingerprint density at radius 3 is 2.62 bits per heavy atom. The monoisotopic (exact) mass is 398 g/mol. The maximum absolute atomic E-state index is 11.5. The molecular formula is C19H28Cl2N4O. The van der Waals surface area contributed by atoms with E-state index in [1.165, 1.54) is 6.42 Å². The maximum atomic E-state index is 11.5. The van der Waals surface area contributed by atoms with Gasteiger partial charge in [-0.2, -0.15) is 0 Å². The summed E-state index contributed by atoms with van der Waals surface area (Å²) in [5.41, 5.74) is 1.04. The summed E-state index contributed by atoms with van der Waals surface area (Å²) >= 11 is 12.5. The van der Waals surface area contributed by atoms with Crippen molar-refractivity contribution in [3.8, 4) is 0 Å². The lowest BCUT2D eigenvalue weighted by atomic mass is 9.78. The Morgan fingerprint density at radius 1 is 1.19 bits per heavy atom. The molecule has 2 fully saturated rings. The highest BCUT2D eigenvalue weighted by atomic mass is 35.5. The van der Waals surface area contributed by atoms with Crippen LogP contribution in [0.25, 0.3) is 0 Å². The molecule has 1 aliphatic carbocycles. The Labute approximate surface area is 166 Å². The second-order valence-electron chi connectivity index (χ2n) is 7.23. The second kappa shape index (κ2) is 9.16. The lowest BCUT2D eigenvalue weighted by molar-refractivity contribution is 0.169. The third-order valence-electron chi connectivity index (χ3n) is 5.41. The Hall–Kier alpha value is -1.17. The zero-order valence-electron chi connectivity index (χ0n) is 15.3. The largest absolute Gasteiger partial charge is 0.368 e. The van der Waals surface area contributed by atoms with Crippen LogP contribution in [0.3, 0.4) is 0 Å². The van der Waals surface area contributed by atoms with Gasteiger partial charge in [-0.25, -0.2) is 4.79 Å². The van der Waals surface area contributed by atoms with E-state index in [1.807, 2.05) is 25.1 Å². The summed E-state index contributed by atoms with van der Waals surface area (Å²) in [5.74, 6) is 0.738. The van der Waals surface area contributed by atoms with Crippen molar-refractivity contribution in [2.75, 3.05) is 44.2 Å². The minimum atomic E-state index is -0.0354. The molecule has 1 saturated carbocycles. The van der Waals surface area contributed by atoms with Crippen LogP contribution >= 0.6 is 23.2 Å². The predicted molar refractivity (Wildman–Crippen MR) is 108 cm³/mol. The van der Waals surface area contributed by atoms with Gasteiger partial charge in [-0.05, 0) is 50.8 Å². The first-order chi connectivity index (χ1) is 12.6. The van der Waals surface area contributed by atoms with Crippen LogP contribution in [-0.2, 0) is 0 Å². The first-order valence-electron chi connectivity index (χ1n) is 9.52. The molecule has 3 rings (SSSR count). The van der Waals surface area contributed by atoms with E-state index in [0.29, 0.717) is 22.6 Å². The smallest absolute Gasteiger partial charge is 0.314 e. The van der Waals surface area contributed by atoms with Crippen molar-refractivity contribution >= 4 is 34.9 Å². The fourth-order valence-corrected chi connectivity index (χ4v) is 4.22. The third-order valence-corrected chi connectivity index (χ3v) is 6.21. The molecular weight excluding hydrogens is 371 g/mol. The SMILES string of the molecule is CCNC(=O)NC1CC(CCN2CCN(c3cccc(Cl)c3Cl)CC2)C1. The molecule has 2 amide bonds. The van der Waals surface area contributed by atoms with Crippen molar-refractivity contribution in [2.45, 2.75) is 32.2 Å². The number of piperazine rings is 1. The average Bonchev–Trinajstić information content (AvgIpc) is 2.60. The van der Waals surface area contributed by atoms with Crippen LogP contribution in [0.4, 0.5) is 10.5 Å². The van der Waals surface area contributed by atoms with Crippen LogP contribution in [0.5, 0.6) is 0 Å². The Balaban J connectivity index is 1.34. The van der Waals surface area contributed by atoms with Crippen LogP contribution < -0.4 is 15.5 Å². The average molecular weight is 399 g/mol. The number of carbonyl (C=O) groups is 1. The van der Waals surface area contributed by atoms with Crippen molar-refractivity contribution in [1.29, 1.82) is 0 Å². The van der Waals surface area contributed by atoms with Crippen LogP contribution in [0.2, 0.25) is 10.0 Å². The summed E-state index contributed by atoms with van der Waals surface area (Å²) in [6.07, 6.45) is 3.43. The first-order valence-corrected chi connectivity index (χ1v) is 10.3. The molecule has 0 unspecified atom stereocenters. The van der Waals surface area contributed by atoms with Gasteiger partial charge in [0, 0.05) is 38.8 Å². The molecule has 0 atom stereocenters.